The third-order valence-electron chi connectivity index (χ3n) is 6.38. The van der Waals surface area contributed by atoms with Gasteiger partial charge in [0.25, 0.3) is 0 Å². The van der Waals surface area contributed by atoms with Crippen LogP contribution in [0, 0.1) is 5.92 Å². The monoisotopic (exact) mass is 506 g/mol. The van der Waals surface area contributed by atoms with Gasteiger partial charge in [0.1, 0.15) is 0 Å². The minimum atomic E-state index is -0.0348. The van der Waals surface area contributed by atoms with E-state index in [9.17, 15) is 0 Å². The fourth-order valence-electron chi connectivity index (χ4n) is 4.51. The SMILES string of the molecule is CCCC(CN1CCN(C)CC1)C(C)(c1cccc(Br)c1)c1cccc(Br)c1. The lowest BCUT2D eigenvalue weighted by Crippen LogP contribution is -2.49. The smallest absolute Gasteiger partial charge is 0.0215 e. The summed E-state index contributed by atoms with van der Waals surface area (Å²) in [6, 6.07) is 17.8. The summed E-state index contributed by atoms with van der Waals surface area (Å²) in [7, 11) is 2.23. The molecule has 2 aromatic carbocycles. The Bertz CT molecular complexity index is 723. The van der Waals surface area contributed by atoms with Gasteiger partial charge < -0.3 is 9.80 Å². The Morgan fingerprint density at radius 1 is 0.929 bits per heavy atom. The van der Waals surface area contributed by atoms with Crippen LogP contribution in [0.3, 0.4) is 0 Å². The molecular weight excluding hydrogens is 476 g/mol. The van der Waals surface area contributed by atoms with Gasteiger partial charge in [-0.2, -0.15) is 0 Å². The van der Waals surface area contributed by atoms with E-state index >= 15 is 0 Å². The first-order valence-electron chi connectivity index (χ1n) is 10.4. The van der Waals surface area contributed by atoms with Crippen molar-refractivity contribution in [2.24, 2.45) is 5.92 Å². The Kier molecular flexibility index (Phi) is 7.77. The summed E-state index contributed by atoms with van der Waals surface area (Å²) in [6.45, 7) is 10.6. The summed E-state index contributed by atoms with van der Waals surface area (Å²) in [5.74, 6) is 0.560. The van der Waals surface area contributed by atoms with Gasteiger partial charge in [-0.25, -0.2) is 0 Å². The summed E-state index contributed by atoms with van der Waals surface area (Å²) in [5, 5.41) is 0. The lowest BCUT2D eigenvalue weighted by Gasteiger charge is -2.43. The Labute approximate surface area is 187 Å². The van der Waals surface area contributed by atoms with Crippen LogP contribution < -0.4 is 0 Å². The van der Waals surface area contributed by atoms with Crippen LogP contribution in [0.2, 0.25) is 0 Å². The minimum Gasteiger partial charge on any atom is -0.304 e. The molecule has 0 aromatic heterocycles. The summed E-state index contributed by atoms with van der Waals surface area (Å²) < 4.78 is 2.31. The van der Waals surface area contributed by atoms with E-state index in [2.05, 4.69) is 111 Å². The van der Waals surface area contributed by atoms with Crippen molar-refractivity contribution in [3.05, 3.63) is 68.6 Å². The maximum Gasteiger partial charge on any atom is 0.0215 e. The second-order valence-electron chi connectivity index (χ2n) is 8.31. The molecule has 28 heavy (non-hydrogen) atoms. The number of piperazine rings is 1. The van der Waals surface area contributed by atoms with E-state index in [1.54, 1.807) is 0 Å². The highest BCUT2D eigenvalue weighted by Crippen LogP contribution is 2.43. The van der Waals surface area contributed by atoms with Crippen LogP contribution in [0.25, 0.3) is 0 Å². The third-order valence-corrected chi connectivity index (χ3v) is 7.36. The zero-order valence-corrected chi connectivity index (χ0v) is 20.5. The van der Waals surface area contributed by atoms with E-state index < -0.39 is 0 Å². The number of nitrogens with zero attached hydrogens (tertiary/aromatic N) is 2. The molecule has 2 aromatic rings. The van der Waals surface area contributed by atoms with Crippen molar-refractivity contribution in [3.8, 4) is 0 Å². The predicted octanol–water partition coefficient (Wildman–Crippen LogP) is 6.18. The maximum atomic E-state index is 3.71. The van der Waals surface area contributed by atoms with Gasteiger partial charge in [-0.1, -0.05) is 76.4 Å². The molecule has 2 nitrogen and oxygen atoms in total. The van der Waals surface area contributed by atoms with Crippen LogP contribution in [-0.4, -0.2) is 49.6 Å². The first kappa shape index (κ1) is 22.0. The molecule has 0 bridgehead atoms. The van der Waals surface area contributed by atoms with Crippen LogP contribution in [0.5, 0.6) is 0 Å². The lowest BCUT2D eigenvalue weighted by molar-refractivity contribution is 0.117. The second-order valence-corrected chi connectivity index (χ2v) is 10.1. The van der Waals surface area contributed by atoms with Gasteiger partial charge in [0.2, 0.25) is 0 Å². The van der Waals surface area contributed by atoms with Gasteiger partial charge in [0.05, 0.1) is 0 Å². The summed E-state index contributed by atoms with van der Waals surface area (Å²) in [5.41, 5.74) is 2.76. The van der Waals surface area contributed by atoms with Crippen molar-refractivity contribution in [3.63, 3.8) is 0 Å². The molecule has 0 radical (unpaired) electrons. The van der Waals surface area contributed by atoms with Crippen molar-refractivity contribution in [1.29, 1.82) is 0 Å². The second kappa shape index (κ2) is 9.88. The van der Waals surface area contributed by atoms with Crippen molar-refractivity contribution in [1.82, 2.24) is 9.80 Å². The molecule has 0 saturated carbocycles. The molecular formula is C24H32Br2N2. The van der Waals surface area contributed by atoms with Crippen LogP contribution in [0.15, 0.2) is 57.5 Å². The van der Waals surface area contributed by atoms with Gasteiger partial charge in [0.15, 0.2) is 0 Å². The molecule has 1 unspecified atom stereocenters. The van der Waals surface area contributed by atoms with E-state index in [4.69, 9.17) is 0 Å². The quantitative estimate of drug-likeness (QED) is 0.441. The van der Waals surface area contributed by atoms with Gasteiger partial charge in [-0.15, -0.1) is 0 Å². The molecule has 0 amide bonds. The lowest BCUT2D eigenvalue weighted by atomic mass is 9.65. The molecule has 0 N–H and O–H groups in total. The van der Waals surface area contributed by atoms with Crippen molar-refractivity contribution in [2.45, 2.75) is 32.1 Å². The van der Waals surface area contributed by atoms with Crippen LogP contribution in [0.4, 0.5) is 0 Å². The topological polar surface area (TPSA) is 6.48 Å². The van der Waals surface area contributed by atoms with Gasteiger partial charge in [-0.05, 0) is 54.8 Å². The summed E-state index contributed by atoms with van der Waals surface area (Å²) >= 11 is 7.42. The van der Waals surface area contributed by atoms with Crippen molar-refractivity contribution >= 4 is 31.9 Å². The largest absolute Gasteiger partial charge is 0.304 e. The van der Waals surface area contributed by atoms with E-state index in [1.807, 2.05) is 0 Å². The van der Waals surface area contributed by atoms with Gasteiger partial charge in [0, 0.05) is 47.1 Å². The van der Waals surface area contributed by atoms with Gasteiger partial charge in [-0.3, -0.25) is 0 Å². The molecule has 1 aliphatic heterocycles. The van der Waals surface area contributed by atoms with Crippen molar-refractivity contribution < 1.29 is 0 Å². The highest BCUT2D eigenvalue weighted by atomic mass is 79.9. The Morgan fingerprint density at radius 3 is 1.93 bits per heavy atom. The Morgan fingerprint density at radius 2 is 1.46 bits per heavy atom. The summed E-state index contributed by atoms with van der Waals surface area (Å²) in [6.07, 6.45) is 2.43. The van der Waals surface area contributed by atoms with Gasteiger partial charge >= 0.3 is 0 Å². The number of hydrogen-bond donors (Lipinski definition) is 0. The fraction of sp³-hybridized carbons (Fsp3) is 0.500. The van der Waals surface area contributed by atoms with E-state index in [0.29, 0.717) is 5.92 Å². The zero-order valence-electron chi connectivity index (χ0n) is 17.3. The number of rotatable bonds is 7. The molecule has 0 aliphatic carbocycles. The van der Waals surface area contributed by atoms with Crippen LogP contribution in [-0.2, 0) is 5.41 Å². The molecule has 1 fully saturated rings. The Hall–Kier alpha value is -0.680. The average molecular weight is 508 g/mol. The van der Waals surface area contributed by atoms with Crippen LogP contribution >= 0.6 is 31.9 Å². The number of likely N-dealkylation sites (N-methyl/N-ethyl adjacent to an activating group) is 1. The molecule has 3 rings (SSSR count). The normalized spacial score (nSPS) is 17.6. The first-order chi connectivity index (χ1) is 13.4. The first-order valence-corrected chi connectivity index (χ1v) is 11.9. The minimum absolute atomic E-state index is 0.0348. The van der Waals surface area contributed by atoms with Crippen LogP contribution in [0.1, 0.15) is 37.8 Å². The van der Waals surface area contributed by atoms with E-state index in [0.717, 1.165) is 15.5 Å². The highest BCUT2D eigenvalue weighted by Gasteiger charge is 2.38. The number of benzene rings is 2. The molecule has 1 heterocycles. The molecule has 152 valence electrons. The number of halogens is 2. The highest BCUT2D eigenvalue weighted by molar-refractivity contribution is 9.10. The summed E-state index contributed by atoms with van der Waals surface area (Å²) in [4.78, 5) is 5.11. The van der Waals surface area contributed by atoms with E-state index in [-0.39, 0.29) is 5.41 Å². The fourth-order valence-corrected chi connectivity index (χ4v) is 5.31. The predicted molar refractivity (Wildman–Crippen MR) is 127 cm³/mol. The van der Waals surface area contributed by atoms with Crippen molar-refractivity contribution in [2.75, 3.05) is 39.8 Å². The third kappa shape index (κ3) is 5.08. The maximum absolute atomic E-state index is 3.71. The standard InChI is InChI=1S/C24H32Br2N2/c1-4-7-21(18-28-14-12-27(3)13-15-28)24(2,19-8-5-10-22(25)16-19)20-9-6-11-23(26)17-20/h5-6,8-11,16-17,21H,4,7,12-15,18H2,1-3H3. The molecule has 0 spiro atoms. The zero-order chi connectivity index (χ0) is 20.1. The molecule has 1 atom stereocenters. The van der Waals surface area contributed by atoms with E-state index in [1.165, 1.54) is 50.1 Å². The molecule has 1 saturated heterocycles. The number of hydrogen-bond acceptors (Lipinski definition) is 2. The molecule has 1 aliphatic rings. The molecule has 4 heteroatoms. The Balaban J connectivity index is 2.02. The average Bonchev–Trinajstić information content (AvgIpc) is 2.68.